The van der Waals surface area contributed by atoms with Gasteiger partial charge in [0.2, 0.25) is 10.0 Å². The number of aliphatic hydroxyl groups excluding tert-OH is 1. The number of methoxy groups -OCH3 is 1. The van der Waals surface area contributed by atoms with Gasteiger partial charge in [0.05, 0.1) is 17.9 Å². The van der Waals surface area contributed by atoms with Gasteiger partial charge in [0.15, 0.2) is 0 Å². The summed E-state index contributed by atoms with van der Waals surface area (Å²) in [7, 11) is -2.63. The van der Waals surface area contributed by atoms with Gasteiger partial charge < -0.3 is 19.5 Å². The fourth-order valence-electron chi connectivity index (χ4n) is 6.74. The summed E-state index contributed by atoms with van der Waals surface area (Å²) in [5, 5.41) is 10.9. The predicted octanol–water partition coefficient (Wildman–Crippen LogP) is 5.51. The average molecular weight is 631 g/mol. The number of fused-ring (bicyclic) bond motifs is 3. The van der Waals surface area contributed by atoms with Crippen molar-refractivity contribution in [2.24, 2.45) is 17.8 Å². The van der Waals surface area contributed by atoms with Gasteiger partial charge in [-0.15, -0.1) is 0 Å². The minimum Gasteiger partial charge on any atom is -0.487 e. The molecule has 2 bridgehead atoms. The number of hydrogen-bond acceptors (Lipinski definition) is 7. The van der Waals surface area contributed by atoms with Gasteiger partial charge in [-0.3, -0.25) is 4.79 Å². The Hall–Kier alpha value is -2.59. The van der Waals surface area contributed by atoms with Crippen molar-refractivity contribution in [1.82, 2.24) is 4.72 Å². The van der Waals surface area contributed by atoms with Crippen molar-refractivity contribution in [3.63, 3.8) is 0 Å². The molecule has 0 aromatic heterocycles. The van der Waals surface area contributed by atoms with Crippen LogP contribution in [0, 0.1) is 17.8 Å². The zero-order valence-electron chi connectivity index (χ0n) is 25.2. The van der Waals surface area contributed by atoms with Crippen LogP contribution in [-0.4, -0.2) is 57.1 Å². The van der Waals surface area contributed by atoms with Crippen LogP contribution in [0.15, 0.2) is 48.6 Å². The maximum Gasteiger partial charge on any atom is 0.264 e. The predicted molar refractivity (Wildman–Crippen MR) is 169 cm³/mol. The number of aryl methyl sites for hydroxylation is 1. The van der Waals surface area contributed by atoms with Gasteiger partial charge in [0.25, 0.3) is 5.91 Å². The monoisotopic (exact) mass is 630 g/mol. The lowest BCUT2D eigenvalue weighted by atomic mass is 9.70. The Kier molecular flexibility index (Phi) is 10.1. The van der Waals surface area contributed by atoms with Crippen molar-refractivity contribution in [3.05, 3.63) is 70.3 Å². The Morgan fingerprint density at radius 1 is 1.12 bits per heavy atom. The summed E-state index contributed by atoms with van der Waals surface area (Å²) in [4.78, 5) is 15.8. The van der Waals surface area contributed by atoms with Gasteiger partial charge in [0, 0.05) is 30.8 Å². The highest BCUT2D eigenvalue weighted by atomic mass is 35.5. The lowest BCUT2D eigenvalue weighted by Gasteiger charge is -2.42. The molecule has 0 radical (unpaired) electrons. The Labute approximate surface area is 260 Å². The Bertz CT molecular complexity index is 1440. The average Bonchev–Trinajstić information content (AvgIpc) is 2.96. The minimum atomic E-state index is -4.11. The van der Waals surface area contributed by atoms with Crippen LogP contribution in [0.4, 0.5) is 5.69 Å². The first-order valence-corrected chi connectivity index (χ1v) is 17.2. The van der Waals surface area contributed by atoms with E-state index in [1.165, 1.54) is 7.11 Å². The summed E-state index contributed by atoms with van der Waals surface area (Å²) in [5.74, 6) is -0.0231. The van der Waals surface area contributed by atoms with Crippen LogP contribution >= 0.6 is 11.6 Å². The van der Waals surface area contributed by atoms with Crippen molar-refractivity contribution >= 4 is 33.2 Å². The Morgan fingerprint density at radius 2 is 1.93 bits per heavy atom. The zero-order valence-corrected chi connectivity index (χ0v) is 26.7. The molecule has 2 heterocycles. The van der Waals surface area contributed by atoms with Crippen LogP contribution in [0.25, 0.3) is 0 Å². The molecule has 2 aromatic rings. The van der Waals surface area contributed by atoms with E-state index in [1.54, 1.807) is 38.1 Å². The van der Waals surface area contributed by atoms with Crippen LogP contribution in [0.5, 0.6) is 5.75 Å². The molecule has 0 spiro atoms. The third-order valence-electron chi connectivity index (χ3n) is 9.23. The highest BCUT2D eigenvalue weighted by Gasteiger charge is 2.39. The fraction of sp³-hybridized carbons (Fsp3) is 0.545. The number of ether oxygens (including phenoxy) is 2. The normalized spacial score (nSPS) is 28.7. The van der Waals surface area contributed by atoms with Gasteiger partial charge >= 0.3 is 0 Å². The topological polar surface area (TPSA) is 105 Å². The second-order valence-corrected chi connectivity index (χ2v) is 14.7. The maximum atomic E-state index is 13.6. The fourth-order valence-corrected chi connectivity index (χ4v) is 8.78. The molecule has 8 nitrogen and oxygen atoms in total. The number of rotatable bonds is 2. The van der Waals surface area contributed by atoms with E-state index in [0.29, 0.717) is 30.3 Å². The molecular weight excluding hydrogens is 588 g/mol. The number of carbonyl (C=O) groups is 1. The highest BCUT2D eigenvalue weighted by Crippen LogP contribution is 2.41. The lowest BCUT2D eigenvalue weighted by Crippen LogP contribution is -2.47. The quantitative estimate of drug-likeness (QED) is 0.422. The third kappa shape index (κ3) is 7.22. The molecule has 43 heavy (non-hydrogen) atoms. The number of carbonyl (C=O) groups excluding carboxylic acids is 1. The van der Waals surface area contributed by atoms with Crippen LogP contribution < -0.4 is 14.4 Å². The summed E-state index contributed by atoms with van der Waals surface area (Å²) in [6, 6.07) is 11.0. The molecule has 5 atom stereocenters. The van der Waals surface area contributed by atoms with E-state index >= 15 is 0 Å². The lowest BCUT2D eigenvalue weighted by molar-refractivity contribution is 0.0455. The van der Waals surface area contributed by atoms with E-state index in [9.17, 15) is 18.3 Å². The number of hydrogen-bond donors (Lipinski definition) is 2. The van der Waals surface area contributed by atoms with E-state index in [4.69, 9.17) is 21.1 Å². The van der Waals surface area contributed by atoms with Gasteiger partial charge in [-0.25, -0.2) is 13.1 Å². The molecule has 2 unspecified atom stereocenters. The molecule has 2 aromatic carbocycles. The Morgan fingerprint density at radius 3 is 2.65 bits per heavy atom. The second-order valence-electron chi connectivity index (χ2n) is 12.4. The Balaban J connectivity index is 1.56. The highest BCUT2D eigenvalue weighted by molar-refractivity contribution is 7.90. The molecule has 3 aliphatic rings. The number of nitrogens with zero attached hydrogens (tertiary/aromatic N) is 1. The number of benzene rings is 2. The molecule has 5 rings (SSSR count). The summed E-state index contributed by atoms with van der Waals surface area (Å²) < 4.78 is 41.6. The minimum absolute atomic E-state index is 0.0928. The SMILES string of the molecule is CO[C@H]1C/C=C/[C@H](O)C2CCC2CN2CCCCc3cc(Cl)ccc3COc3ccc(cc32)C(=O)NS(=O)(=O)[C@H]1C(C)C. The summed E-state index contributed by atoms with van der Waals surface area (Å²) >= 11 is 6.31. The molecule has 10 heteroatoms. The molecule has 1 fully saturated rings. The van der Waals surface area contributed by atoms with Gasteiger partial charge in [-0.1, -0.05) is 43.7 Å². The van der Waals surface area contributed by atoms with Crippen molar-refractivity contribution in [3.8, 4) is 5.75 Å². The first-order valence-electron chi connectivity index (χ1n) is 15.3. The number of nitrogens with one attached hydrogen (secondary N) is 1. The summed E-state index contributed by atoms with van der Waals surface area (Å²) in [6.45, 7) is 5.38. The molecular formula is C33H43ClN2O6S. The number of sulfonamides is 1. The van der Waals surface area contributed by atoms with Gasteiger partial charge in [-0.2, -0.15) is 0 Å². The smallest absolute Gasteiger partial charge is 0.264 e. The summed E-state index contributed by atoms with van der Waals surface area (Å²) in [6.07, 6.45) is 7.24. The van der Waals surface area contributed by atoms with Crippen LogP contribution in [-0.2, 0) is 27.8 Å². The van der Waals surface area contributed by atoms with E-state index in [-0.39, 0.29) is 23.3 Å². The van der Waals surface area contributed by atoms with Crippen molar-refractivity contribution < 1.29 is 27.8 Å². The second kappa shape index (κ2) is 13.6. The maximum absolute atomic E-state index is 13.6. The number of anilines is 1. The number of aliphatic hydroxyl groups is 1. The van der Waals surface area contributed by atoms with Crippen LogP contribution in [0.1, 0.15) is 67.4 Å². The van der Waals surface area contributed by atoms with E-state index < -0.39 is 33.4 Å². The third-order valence-corrected chi connectivity index (χ3v) is 11.5. The standard InChI is InChI=1S/C33H43ClN2O6S/c1-21(2)32-31(41-3)9-6-8-29(37)27-14-11-24(27)19-36-16-5-4-7-22-17-26(34)13-10-25(22)20-42-30-15-12-23(18-28(30)36)33(38)35-43(32,39)40/h6,8,10,12-13,15,17-18,21,24,27,29,31-32,37H,4-5,7,9,11,14,16,19-20H2,1-3H3,(H,35,38)/b8-6+/t24?,27?,29-,31-,32-/m0/s1. The van der Waals surface area contributed by atoms with E-state index in [2.05, 4.69) is 9.62 Å². The first-order chi connectivity index (χ1) is 20.6. The zero-order chi connectivity index (χ0) is 30.7. The summed E-state index contributed by atoms with van der Waals surface area (Å²) in [5.41, 5.74) is 3.22. The molecule has 1 saturated carbocycles. The number of halogens is 1. The largest absolute Gasteiger partial charge is 0.487 e. The van der Waals surface area contributed by atoms with Gasteiger partial charge in [0.1, 0.15) is 17.6 Å². The van der Waals surface area contributed by atoms with Crippen molar-refractivity contribution in [1.29, 1.82) is 0 Å². The molecule has 0 saturated heterocycles. The van der Waals surface area contributed by atoms with E-state index in [0.717, 1.165) is 55.5 Å². The molecule has 1 amide bonds. The van der Waals surface area contributed by atoms with Crippen molar-refractivity contribution in [2.45, 2.75) is 76.4 Å². The number of amides is 1. The molecule has 2 N–H and O–H groups in total. The van der Waals surface area contributed by atoms with Crippen molar-refractivity contribution in [2.75, 3.05) is 25.1 Å². The van der Waals surface area contributed by atoms with E-state index in [1.807, 2.05) is 24.3 Å². The molecule has 234 valence electrons. The molecule has 1 aliphatic carbocycles. The first kappa shape index (κ1) is 31.8. The van der Waals surface area contributed by atoms with Crippen LogP contribution in [0.3, 0.4) is 0 Å². The van der Waals surface area contributed by atoms with Gasteiger partial charge in [-0.05, 0) is 97.7 Å². The molecule has 2 aliphatic heterocycles. The van der Waals surface area contributed by atoms with Crippen LogP contribution in [0.2, 0.25) is 5.02 Å².